The van der Waals surface area contributed by atoms with Crippen LogP contribution < -0.4 is 5.56 Å². The van der Waals surface area contributed by atoms with Gasteiger partial charge in [0, 0.05) is 5.39 Å². The molecular weight excluding hydrogens is 348 g/mol. The van der Waals surface area contributed by atoms with Gasteiger partial charge in [0.1, 0.15) is 5.52 Å². The van der Waals surface area contributed by atoms with Crippen LogP contribution in [0.25, 0.3) is 22.7 Å². The number of benzene rings is 2. The highest BCUT2D eigenvalue weighted by Gasteiger charge is 2.18. The van der Waals surface area contributed by atoms with Crippen molar-refractivity contribution < 1.29 is 0 Å². The topological polar surface area (TPSA) is 52.7 Å². The van der Waals surface area contributed by atoms with Crippen LogP contribution in [0, 0.1) is 0 Å². The van der Waals surface area contributed by atoms with E-state index in [4.69, 9.17) is 0 Å². The molecule has 0 radical (unpaired) electrons. The number of fused-ring (bicyclic) bond motifs is 1. The Morgan fingerprint density at radius 3 is 2.36 bits per heavy atom. The maximum atomic E-state index is 13.2. The molecule has 0 spiro atoms. The van der Waals surface area contributed by atoms with Crippen LogP contribution in [0.1, 0.15) is 31.0 Å². The number of para-hydroxylation sites is 1. The van der Waals surface area contributed by atoms with Crippen molar-refractivity contribution in [2.24, 2.45) is 0 Å². The van der Waals surface area contributed by atoms with Crippen molar-refractivity contribution >= 4 is 17.0 Å². The van der Waals surface area contributed by atoms with E-state index >= 15 is 0 Å². The molecule has 0 aliphatic rings. The molecule has 0 unspecified atom stereocenters. The molecule has 28 heavy (non-hydrogen) atoms. The Hall–Kier alpha value is -3.47. The summed E-state index contributed by atoms with van der Waals surface area (Å²) in [6, 6.07) is 19.7. The van der Waals surface area contributed by atoms with E-state index in [2.05, 4.69) is 24.0 Å². The molecular formula is C23H22N4O. The van der Waals surface area contributed by atoms with E-state index in [0.717, 1.165) is 22.3 Å². The lowest BCUT2D eigenvalue weighted by molar-refractivity contribution is 0.623. The molecule has 5 heteroatoms. The molecule has 2 heterocycles. The number of nitrogens with zero attached hydrogens (tertiary/aromatic N) is 4. The molecule has 2 aromatic heterocycles. The van der Waals surface area contributed by atoms with E-state index < -0.39 is 0 Å². The monoisotopic (exact) mass is 370 g/mol. The molecule has 140 valence electrons. The minimum atomic E-state index is -0.140. The average Bonchev–Trinajstić information content (AvgIpc) is 3.16. The van der Waals surface area contributed by atoms with Crippen LogP contribution in [-0.2, 0) is 6.54 Å². The van der Waals surface area contributed by atoms with Crippen LogP contribution >= 0.6 is 0 Å². The van der Waals surface area contributed by atoms with Crippen molar-refractivity contribution in [2.45, 2.75) is 26.3 Å². The van der Waals surface area contributed by atoms with Crippen LogP contribution in [-0.4, -0.2) is 19.6 Å². The molecule has 2 aromatic carbocycles. The van der Waals surface area contributed by atoms with E-state index in [9.17, 15) is 4.79 Å². The first-order chi connectivity index (χ1) is 13.6. The van der Waals surface area contributed by atoms with Crippen molar-refractivity contribution in [1.29, 1.82) is 0 Å². The Morgan fingerprint density at radius 2 is 1.68 bits per heavy atom. The summed E-state index contributed by atoms with van der Waals surface area (Å²) in [5.41, 5.74) is 3.26. The summed E-state index contributed by atoms with van der Waals surface area (Å²) >= 11 is 0. The molecule has 4 aromatic rings. The van der Waals surface area contributed by atoms with Gasteiger partial charge in [-0.2, -0.15) is 10.2 Å². The first-order valence-electron chi connectivity index (χ1n) is 9.41. The molecule has 5 nitrogen and oxygen atoms in total. The third kappa shape index (κ3) is 3.39. The first-order valence-corrected chi connectivity index (χ1v) is 9.41. The summed E-state index contributed by atoms with van der Waals surface area (Å²) in [7, 11) is 0. The first kappa shape index (κ1) is 17.9. The molecule has 0 bridgehead atoms. The SMILES string of the molecule is CC(C)c1nn(C/C=C/c2ccccc2)c(=O)c2c1cnn2-c1ccccc1. The van der Waals surface area contributed by atoms with Crippen LogP contribution in [0.4, 0.5) is 0 Å². The van der Waals surface area contributed by atoms with Crippen LogP contribution in [0.5, 0.6) is 0 Å². The standard InChI is InChI=1S/C23H22N4O/c1-17(2)21-20-16-24-27(19-13-7-4-8-14-19)22(20)23(28)26(25-21)15-9-12-18-10-5-3-6-11-18/h3-14,16-17H,15H2,1-2H3/b12-9+. The molecule has 0 fully saturated rings. The molecule has 0 saturated carbocycles. The molecule has 0 saturated heterocycles. The molecule has 0 aliphatic carbocycles. The summed E-state index contributed by atoms with van der Waals surface area (Å²) < 4.78 is 3.24. The van der Waals surface area contributed by atoms with Gasteiger partial charge in [0.05, 0.1) is 24.1 Å². The fourth-order valence-corrected chi connectivity index (χ4v) is 3.26. The number of hydrogen-bond donors (Lipinski definition) is 0. The number of aromatic nitrogens is 4. The second-order valence-electron chi connectivity index (χ2n) is 6.99. The Morgan fingerprint density at radius 1 is 1.00 bits per heavy atom. The lowest BCUT2D eigenvalue weighted by Crippen LogP contribution is -2.26. The summed E-state index contributed by atoms with van der Waals surface area (Å²) in [5.74, 6) is 0.181. The van der Waals surface area contributed by atoms with Gasteiger partial charge in [-0.3, -0.25) is 4.79 Å². The molecule has 0 aliphatic heterocycles. The molecule has 4 rings (SSSR count). The molecule has 0 atom stereocenters. The minimum absolute atomic E-state index is 0.140. The fraction of sp³-hybridized carbons (Fsp3) is 0.174. The summed E-state index contributed by atoms with van der Waals surface area (Å²) in [5, 5.41) is 9.93. The van der Waals surface area contributed by atoms with Gasteiger partial charge in [0.25, 0.3) is 5.56 Å². The average molecular weight is 370 g/mol. The van der Waals surface area contributed by atoms with E-state index in [0.29, 0.717) is 12.1 Å². The Balaban J connectivity index is 1.82. The van der Waals surface area contributed by atoms with Gasteiger partial charge in [0.2, 0.25) is 0 Å². The second kappa shape index (κ2) is 7.64. The number of hydrogen-bond acceptors (Lipinski definition) is 3. The predicted molar refractivity (Wildman–Crippen MR) is 113 cm³/mol. The zero-order valence-corrected chi connectivity index (χ0v) is 16.0. The second-order valence-corrected chi connectivity index (χ2v) is 6.99. The fourth-order valence-electron chi connectivity index (χ4n) is 3.26. The minimum Gasteiger partial charge on any atom is -0.265 e. The number of rotatable bonds is 5. The van der Waals surface area contributed by atoms with Gasteiger partial charge < -0.3 is 0 Å². The maximum Gasteiger partial charge on any atom is 0.293 e. The Kier molecular flexibility index (Phi) is 4.89. The zero-order valence-electron chi connectivity index (χ0n) is 16.0. The van der Waals surface area contributed by atoms with Crippen molar-refractivity contribution in [1.82, 2.24) is 19.6 Å². The zero-order chi connectivity index (χ0) is 19.5. The van der Waals surface area contributed by atoms with Crippen LogP contribution in [0.15, 0.2) is 77.7 Å². The van der Waals surface area contributed by atoms with Crippen molar-refractivity contribution in [3.63, 3.8) is 0 Å². The maximum absolute atomic E-state index is 13.2. The van der Waals surface area contributed by atoms with E-state index in [1.165, 1.54) is 4.68 Å². The van der Waals surface area contributed by atoms with E-state index in [1.54, 1.807) is 10.9 Å². The quantitative estimate of drug-likeness (QED) is 0.523. The van der Waals surface area contributed by atoms with Gasteiger partial charge >= 0.3 is 0 Å². The third-order valence-corrected chi connectivity index (χ3v) is 4.65. The predicted octanol–water partition coefficient (Wildman–Crippen LogP) is 4.42. The largest absolute Gasteiger partial charge is 0.293 e. The highest BCUT2D eigenvalue weighted by atomic mass is 16.1. The summed E-state index contributed by atoms with van der Waals surface area (Å²) in [4.78, 5) is 13.2. The summed E-state index contributed by atoms with van der Waals surface area (Å²) in [6.45, 7) is 4.57. The highest BCUT2D eigenvalue weighted by molar-refractivity contribution is 5.82. The third-order valence-electron chi connectivity index (χ3n) is 4.65. The van der Waals surface area contributed by atoms with E-state index in [-0.39, 0.29) is 11.5 Å². The van der Waals surface area contributed by atoms with Gasteiger partial charge in [-0.05, 0) is 23.6 Å². The van der Waals surface area contributed by atoms with Gasteiger partial charge in [-0.25, -0.2) is 9.36 Å². The van der Waals surface area contributed by atoms with Gasteiger partial charge in [-0.1, -0.05) is 74.5 Å². The normalized spacial score (nSPS) is 11.7. The lowest BCUT2D eigenvalue weighted by atomic mass is 10.1. The van der Waals surface area contributed by atoms with Crippen molar-refractivity contribution in [2.75, 3.05) is 0 Å². The van der Waals surface area contributed by atoms with Crippen molar-refractivity contribution in [3.8, 4) is 5.69 Å². The van der Waals surface area contributed by atoms with E-state index in [1.807, 2.05) is 72.8 Å². The van der Waals surface area contributed by atoms with Crippen molar-refractivity contribution in [3.05, 3.63) is 94.5 Å². The van der Waals surface area contributed by atoms with Crippen LogP contribution in [0.2, 0.25) is 0 Å². The number of allylic oxidation sites excluding steroid dienone is 1. The molecule has 0 N–H and O–H groups in total. The Bertz CT molecular complexity index is 1170. The van der Waals surface area contributed by atoms with Gasteiger partial charge in [-0.15, -0.1) is 0 Å². The lowest BCUT2D eigenvalue weighted by Gasteiger charge is -2.11. The Labute approximate surface area is 163 Å². The van der Waals surface area contributed by atoms with Crippen LogP contribution in [0.3, 0.4) is 0 Å². The van der Waals surface area contributed by atoms with Gasteiger partial charge in [0.15, 0.2) is 0 Å². The smallest absolute Gasteiger partial charge is 0.265 e. The summed E-state index contributed by atoms with van der Waals surface area (Å²) in [6.07, 6.45) is 5.71. The highest BCUT2D eigenvalue weighted by Crippen LogP contribution is 2.22. The molecule has 0 amide bonds.